The van der Waals surface area contributed by atoms with Gasteiger partial charge in [-0.15, -0.1) is 0 Å². The van der Waals surface area contributed by atoms with Crippen LogP contribution in [0.5, 0.6) is 0 Å². The van der Waals surface area contributed by atoms with Crippen LogP contribution in [-0.2, 0) is 19.0 Å². The van der Waals surface area contributed by atoms with Gasteiger partial charge >= 0.3 is 5.97 Å². The fourth-order valence-corrected chi connectivity index (χ4v) is 1.87. The van der Waals surface area contributed by atoms with Crippen LogP contribution in [0.3, 0.4) is 0 Å². The summed E-state index contributed by atoms with van der Waals surface area (Å²) in [5, 5.41) is 0. The van der Waals surface area contributed by atoms with E-state index in [9.17, 15) is 4.79 Å². The van der Waals surface area contributed by atoms with Gasteiger partial charge in [0.05, 0.1) is 20.3 Å². The molecule has 1 aliphatic rings. The van der Waals surface area contributed by atoms with Crippen LogP contribution in [0.1, 0.15) is 19.3 Å². The molecule has 0 aromatic carbocycles. The third-order valence-electron chi connectivity index (χ3n) is 3.02. The number of carbonyl (C=O) groups excluding carboxylic acids is 1. The topological polar surface area (TPSA) is 48.0 Å². The van der Waals surface area contributed by atoms with Gasteiger partial charge in [0.2, 0.25) is 0 Å². The Morgan fingerprint density at radius 3 is 2.65 bits per heavy atom. The number of hydrogen-bond acceptors (Lipinski definition) is 5. The number of unbranched alkanes of at least 4 members (excludes halogenated alkanes) is 1. The Kier molecular flexibility index (Phi) is 7.16. The first-order valence-corrected chi connectivity index (χ1v) is 6.18. The SMILES string of the molecule is COCCOCCCCN1CCC1C(=O)OC. The number of carbonyl (C=O) groups is 1. The molecule has 17 heavy (non-hydrogen) atoms. The number of rotatable bonds is 9. The molecule has 1 saturated heterocycles. The monoisotopic (exact) mass is 245 g/mol. The predicted octanol–water partition coefficient (Wildman–Crippen LogP) is 0.677. The highest BCUT2D eigenvalue weighted by molar-refractivity contribution is 5.76. The molecule has 0 aliphatic carbocycles. The molecule has 1 aliphatic heterocycles. The molecule has 0 aromatic rings. The number of likely N-dealkylation sites (tertiary alicyclic amines) is 1. The highest BCUT2D eigenvalue weighted by Crippen LogP contribution is 2.18. The van der Waals surface area contributed by atoms with Gasteiger partial charge in [-0.25, -0.2) is 0 Å². The van der Waals surface area contributed by atoms with Crippen LogP contribution >= 0.6 is 0 Å². The second-order valence-corrected chi connectivity index (χ2v) is 4.18. The lowest BCUT2D eigenvalue weighted by Gasteiger charge is -2.38. The molecule has 100 valence electrons. The van der Waals surface area contributed by atoms with Gasteiger partial charge in [0.1, 0.15) is 6.04 Å². The molecule has 0 spiro atoms. The van der Waals surface area contributed by atoms with Gasteiger partial charge in [-0.05, 0) is 25.8 Å². The maximum Gasteiger partial charge on any atom is 0.323 e. The molecule has 1 rings (SSSR count). The Morgan fingerprint density at radius 2 is 2.06 bits per heavy atom. The normalized spacial score (nSPS) is 20.0. The zero-order chi connectivity index (χ0) is 12.5. The lowest BCUT2D eigenvalue weighted by Crippen LogP contribution is -2.52. The maximum atomic E-state index is 11.3. The average Bonchev–Trinajstić information content (AvgIpc) is 2.31. The number of methoxy groups -OCH3 is 2. The van der Waals surface area contributed by atoms with Gasteiger partial charge in [0.15, 0.2) is 0 Å². The maximum absolute atomic E-state index is 11.3. The Labute approximate surface area is 103 Å². The lowest BCUT2D eigenvalue weighted by atomic mass is 10.0. The van der Waals surface area contributed by atoms with Crippen LogP contribution in [-0.4, -0.2) is 64.0 Å². The first-order valence-electron chi connectivity index (χ1n) is 6.18. The van der Waals surface area contributed by atoms with Gasteiger partial charge in [0.25, 0.3) is 0 Å². The van der Waals surface area contributed by atoms with Crippen molar-refractivity contribution in [2.24, 2.45) is 0 Å². The Morgan fingerprint density at radius 1 is 1.24 bits per heavy atom. The summed E-state index contributed by atoms with van der Waals surface area (Å²) >= 11 is 0. The number of ether oxygens (including phenoxy) is 3. The first kappa shape index (κ1) is 14.4. The largest absolute Gasteiger partial charge is 0.468 e. The van der Waals surface area contributed by atoms with Crippen LogP contribution in [0.25, 0.3) is 0 Å². The van der Waals surface area contributed by atoms with Gasteiger partial charge < -0.3 is 14.2 Å². The highest BCUT2D eigenvalue weighted by Gasteiger charge is 2.34. The molecule has 0 bridgehead atoms. The van der Waals surface area contributed by atoms with Gasteiger partial charge in [-0.2, -0.15) is 0 Å². The molecule has 0 saturated carbocycles. The van der Waals surface area contributed by atoms with Crippen molar-refractivity contribution in [3.8, 4) is 0 Å². The second-order valence-electron chi connectivity index (χ2n) is 4.18. The van der Waals surface area contributed by atoms with E-state index in [2.05, 4.69) is 4.90 Å². The molecule has 5 heteroatoms. The summed E-state index contributed by atoms with van der Waals surface area (Å²) in [7, 11) is 3.11. The fraction of sp³-hybridized carbons (Fsp3) is 0.917. The van der Waals surface area contributed by atoms with Gasteiger partial charge in [0, 0.05) is 20.3 Å². The lowest BCUT2D eigenvalue weighted by molar-refractivity contribution is -0.151. The second kappa shape index (κ2) is 8.44. The zero-order valence-corrected chi connectivity index (χ0v) is 10.8. The number of esters is 1. The van der Waals surface area contributed by atoms with E-state index in [-0.39, 0.29) is 12.0 Å². The Balaban J connectivity index is 1.94. The molecule has 0 N–H and O–H groups in total. The minimum absolute atomic E-state index is 0.00518. The summed E-state index contributed by atoms with van der Waals surface area (Å²) < 4.78 is 15.0. The fourth-order valence-electron chi connectivity index (χ4n) is 1.87. The summed E-state index contributed by atoms with van der Waals surface area (Å²) in [5.41, 5.74) is 0. The summed E-state index contributed by atoms with van der Waals surface area (Å²) in [4.78, 5) is 13.5. The van der Waals surface area contributed by atoms with Crippen molar-refractivity contribution in [1.82, 2.24) is 4.90 Å². The minimum Gasteiger partial charge on any atom is -0.468 e. The Hall–Kier alpha value is -0.650. The number of hydrogen-bond donors (Lipinski definition) is 0. The molecule has 1 atom stereocenters. The summed E-state index contributed by atoms with van der Waals surface area (Å²) in [6, 6.07) is -0.00518. The van der Waals surface area contributed by atoms with Crippen LogP contribution in [0.2, 0.25) is 0 Å². The molecule has 0 radical (unpaired) electrons. The quantitative estimate of drug-likeness (QED) is 0.441. The summed E-state index contributed by atoms with van der Waals surface area (Å²) in [6.07, 6.45) is 3.01. The molecule has 1 heterocycles. The molecule has 1 fully saturated rings. The summed E-state index contributed by atoms with van der Waals surface area (Å²) in [5.74, 6) is -0.104. The van der Waals surface area contributed by atoms with E-state index in [1.165, 1.54) is 7.11 Å². The summed E-state index contributed by atoms with van der Waals surface area (Å²) in [6.45, 7) is 4.03. The third kappa shape index (κ3) is 5.02. The van der Waals surface area contributed by atoms with Crippen LogP contribution in [0.15, 0.2) is 0 Å². The van der Waals surface area contributed by atoms with E-state index in [1.54, 1.807) is 7.11 Å². The van der Waals surface area contributed by atoms with E-state index in [0.717, 1.165) is 39.0 Å². The third-order valence-corrected chi connectivity index (χ3v) is 3.02. The molecule has 5 nitrogen and oxygen atoms in total. The molecular formula is C12H23NO4. The average molecular weight is 245 g/mol. The van der Waals surface area contributed by atoms with E-state index in [1.807, 2.05) is 0 Å². The first-order chi connectivity index (χ1) is 8.29. The van der Waals surface area contributed by atoms with Crippen molar-refractivity contribution < 1.29 is 19.0 Å². The van der Waals surface area contributed by atoms with E-state index in [0.29, 0.717) is 13.2 Å². The number of nitrogens with zero attached hydrogens (tertiary/aromatic N) is 1. The molecule has 1 unspecified atom stereocenters. The smallest absolute Gasteiger partial charge is 0.323 e. The van der Waals surface area contributed by atoms with Gasteiger partial charge in [-0.3, -0.25) is 9.69 Å². The molecule has 0 aromatic heterocycles. The van der Waals surface area contributed by atoms with Crippen molar-refractivity contribution in [3.63, 3.8) is 0 Å². The van der Waals surface area contributed by atoms with Crippen molar-refractivity contribution in [2.75, 3.05) is 47.1 Å². The Bertz CT molecular complexity index is 223. The van der Waals surface area contributed by atoms with Gasteiger partial charge in [-0.1, -0.05) is 0 Å². The van der Waals surface area contributed by atoms with Crippen molar-refractivity contribution in [2.45, 2.75) is 25.3 Å². The van der Waals surface area contributed by atoms with E-state index < -0.39 is 0 Å². The van der Waals surface area contributed by atoms with Crippen molar-refractivity contribution >= 4 is 5.97 Å². The van der Waals surface area contributed by atoms with E-state index in [4.69, 9.17) is 14.2 Å². The van der Waals surface area contributed by atoms with Crippen LogP contribution in [0.4, 0.5) is 0 Å². The standard InChI is InChI=1S/C12H23NO4/c1-15-9-10-17-8-4-3-6-13-7-5-11(13)12(14)16-2/h11H,3-10H2,1-2H3. The van der Waals surface area contributed by atoms with Crippen molar-refractivity contribution in [1.29, 1.82) is 0 Å². The minimum atomic E-state index is -0.104. The van der Waals surface area contributed by atoms with Crippen LogP contribution < -0.4 is 0 Å². The zero-order valence-electron chi connectivity index (χ0n) is 10.8. The molecular weight excluding hydrogens is 222 g/mol. The highest BCUT2D eigenvalue weighted by atomic mass is 16.5. The molecule has 0 amide bonds. The predicted molar refractivity (Wildman–Crippen MR) is 63.9 cm³/mol. The van der Waals surface area contributed by atoms with Crippen molar-refractivity contribution in [3.05, 3.63) is 0 Å². The van der Waals surface area contributed by atoms with E-state index >= 15 is 0 Å². The van der Waals surface area contributed by atoms with Crippen LogP contribution in [0, 0.1) is 0 Å².